The fourth-order valence-electron chi connectivity index (χ4n) is 2.76. The van der Waals surface area contributed by atoms with Crippen LogP contribution in [-0.2, 0) is 9.47 Å². The normalized spacial score (nSPS) is 19.3. The first kappa shape index (κ1) is 17.1. The van der Waals surface area contributed by atoms with Gasteiger partial charge in [-0.25, -0.2) is 9.59 Å². The van der Waals surface area contributed by atoms with E-state index in [9.17, 15) is 9.59 Å². The quantitative estimate of drug-likeness (QED) is 0.624. The number of fused-ring (bicyclic) bond motifs is 1. The van der Waals surface area contributed by atoms with E-state index >= 15 is 0 Å². The molecule has 0 aromatic heterocycles. The van der Waals surface area contributed by atoms with Gasteiger partial charge in [0.1, 0.15) is 16.9 Å². The van der Waals surface area contributed by atoms with E-state index < -0.39 is 17.4 Å². The summed E-state index contributed by atoms with van der Waals surface area (Å²) in [6.45, 7) is 6.31. The lowest BCUT2D eigenvalue weighted by atomic mass is 10.0. The van der Waals surface area contributed by atoms with Crippen molar-refractivity contribution in [1.82, 2.24) is 4.90 Å². The monoisotopic (exact) mass is 397 g/mol. The number of hydrogen-bond donors (Lipinski definition) is 0. The number of ether oxygens (including phenoxy) is 3. The van der Waals surface area contributed by atoms with Crippen molar-refractivity contribution in [3.8, 4) is 5.75 Å². The second kappa shape index (κ2) is 5.95. The van der Waals surface area contributed by atoms with Crippen molar-refractivity contribution in [2.45, 2.75) is 45.0 Å². The molecule has 1 aromatic rings. The lowest BCUT2D eigenvalue weighted by Gasteiger charge is -2.43. The van der Waals surface area contributed by atoms with Crippen molar-refractivity contribution in [2.24, 2.45) is 0 Å². The number of halogens is 1. The van der Waals surface area contributed by atoms with Gasteiger partial charge in [-0.1, -0.05) is 15.9 Å². The number of benzene rings is 1. The Morgan fingerprint density at radius 2 is 1.92 bits per heavy atom. The Morgan fingerprint density at radius 3 is 2.54 bits per heavy atom. The van der Waals surface area contributed by atoms with Crippen LogP contribution in [0.3, 0.4) is 0 Å². The van der Waals surface area contributed by atoms with Crippen LogP contribution >= 0.6 is 15.9 Å². The number of piperidine rings is 1. The van der Waals surface area contributed by atoms with E-state index in [1.165, 1.54) is 0 Å². The summed E-state index contributed by atoms with van der Waals surface area (Å²) >= 11 is 3.33. The molecule has 2 aliphatic rings. The van der Waals surface area contributed by atoms with Crippen LogP contribution in [0.5, 0.6) is 5.75 Å². The fraction of sp³-hybridized carbons (Fsp3) is 0.529. The number of amides is 1. The highest BCUT2D eigenvalue weighted by molar-refractivity contribution is 9.10. The third-order valence-electron chi connectivity index (χ3n) is 3.91. The Balaban J connectivity index is 1.69. The van der Waals surface area contributed by atoms with Crippen LogP contribution in [0, 0.1) is 0 Å². The number of hydrogen-bond acceptors (Lipinski definition) is 5. The molecule has 0 atom stereocenters. The largest absolute Gasteiger partial charge is 0.451 e. The Hall–Kier alpha value is -1.76. The lowest BCUT2D eigenvalue weighted by Crippen LogP contribution is -2.54. The summed E-state index contributed by atoms with van der Waals surface area (Å²) in [7, 11) is 0. The molecular formula is C17H20BrNO5. The molecule has 1 amide bonds. The molecular weight excluding hydrogens is 378 g/mol. The summed E-state index contributed by atoms with van der Waals surface area (Å²) in [5, 5.41) is 0. The molecule has 130 valence electrons. The minimum Gasteiger partial charge on any atom is -0.451 e. The van der Waals surface area contributed by atoms with E-state index in [2.05, 4.69) is 15.9 Å². The molecule has 0 unspecified atom stereocenters. The molecule has 3 rings (SSSR count). The van der Waals surface area contributed by atoms with Crippen LogP contribution in [0.15, 0.2) is 22.7 Å². The number of carbonyl (C=O) groups excluding carboxylic acids is 2. The van der Waals surface area contributed by atoms with Crippen molar-refractivity contribution in [3.05, 3.63) is 28.2 Å². The van der Waals surface area contributed by atoms with Gasteiger partial charge >= 0.3 is 12.1 Å². The molecule has 6 nitrogen and oxygen atoms in total. The number of carbonyl (C=O) groups is 2. The average molecular weight is 398 g/mol. The van der Waals surface area contributed by atoms with E-state index in [0.29, 0.717) is 37.2 Å². The Morgan fingerprint density at radius 1 is 1.25 bits per heavy atom. The minimum absolute atomic E-state index is 0.358. The molecule has 0 radical (unpaired) electrons. The minimum atomic E-state index is -1.00. The number of rotatable bonds is 0. The van der Waals surface area contributed by atoms with Gasteiger partial charge in [0.2, 0.25) is 0 Å². The van der Waals surface area contributed by atoms with Crippen LogP contribution in [0.1, 0.15) is 44.0 Å². The topological polar surface area (TPSA) is 65.1 Å². The van der Waals surface area contributed by atoms with Gasteiger partial charge in [0.25, 0.3) is 5.79 Å². The smallest absolute Gasteiger partial charge is 0.410 e. The Labute approximate surface area is 149 Å². The highest BCUT2D eigenvalue weighted by atomic mass is 79.9. The van der Waals surface area contributed by atoms with E-state index in [1.807, 2.05) is 26.8 Å². The first-order chi connectivity index (χ1) is 11.2. The number of esters is 1. The first-order valence-corrected chi connectivity index (χ1v) is 8.67. The van der Waals surface area contributed by atoms with Gasteiger partial charge in [0, 0.05) is 30.4 Å². The van der Waals surface area contributed by atoms with Gasteiger partial charge < -0.3 is 19.1 Å². The maximum absolute atomic E-state index is 12.3. The third kappa shape index (κ3) is 3.50. The van der Waals surface area contributed by atoms with Crippen molar-refractivity contribution in [1.29, 1.82) is 0 Å². The van der Waals surface area contributed by atoms with Gasteiger partial charge in [-0.15, -0.1) is 0 Å². The standard InChI is InChI=1S/C17H20BrNO5/c1-16(2,3)24-15(21)19-8-6-17(7-9-19)22-13-5-4-11(18)10-12(13)14(20)23-17/h4-5,10H,6-9H2,1-3H3. The van der Waals surface area contributed by atoms with Crippen LogP contribution in [0.25, 0.3) is 0 Å². The molecule has 1 fully saturated rings. The van der Waals surface area contributed by atoms with Gasteiger partial charge in [-0.05, 0) is 39.0 Å². The van der Waals surface area contributed by atoms with Crippen molar-refractivity contribution in [2.75, 3.05) is 13.1 Å². The molecule has 24 heavy (non-hydrogen) atoms. The third-order valence-corrected chi connectivity index (χ3v) is 4.41. The summed E-state index contributed by atoms with van der Waals surface area (Å²) < 4.78 is 17.7. The second-order valence-electron chi connectivity index (χ2n) is 7.01. The molecule has 1 saturated heterocycles. The van der Waals surface area contributed by atoms with Gasteiger partial charge in [0.15, 0.2) is 0 Å². The highest BCUT2D eigenvalue weighted by Gasteiger charge is 2.46. The summed E-state index contributed by atoms with van der Waals surface area (Å²) in [6, 6.07) is 5.25. The predicted molar refractivity (Wildman–Crippen MR) is 90.0 cm³/mol. The van der Waals surface area contributed by atoms with Crippen LogP contribution in [0.2, 0.25) is 0 Å². The van der Waals surface area contributed by atoms with Crippen LogP contribution < -0.4 is 4.74 Å². The molecule has 0 aliphatic carbocycles. The first-order valence-electron chi connectivity index (χ1n) is 7.87. The molecule has 0 saturated carbocycles. The molecule has 1 aromatic carbocycles. The van der Waals surface area contributed by atoms with Crippen LogP contribution in [0.4, 0.5) is 4.79 Å². The number of likely N-dealkylation sites (tertiary alicyclic amines) is 1. The SMILES string of the molecule is CC(C)(C)OC(=O)N1CCC2(CC1)OC(=O)c1cc(Br)ccc1O2. The summed E-state index contributed by atoms with van der Waals surface area (Å²) in [5.74, 6) is -0.889. The van der Waals surface area contributed by atoms with Crippen molar-refractivity contribution in [3.63, 3.8) is 0 Å². The average Bonchev–Trinajstić information content (AvgIpc) is 2.47. The molecule has 2 heterocycles. The van der Waals surface area contributed by atoms with Gasteiger partial charge in [0.05, 0.1) is 0 Å². The van der Waals surface area contributed by atoms with E-state index in [1.54, 1.807) is 17.0 Å². The highest BCUT2D eigenvalue weighted by Crippen LogP contribution is 2.38. The Kier molecular flexibility index (Phi) is 4.23. The lowest BCUT2D eigenvalue weighted by molar-refractivity contribution is -0.178. The van der Waals surface area contributed by atoms with Gasteiger partial charge in [-0.2, -0.15) is 0 Å². The van der Waals surface area contributed by atoms with Crippen molar-refractivity contribution >= 4 is 28.0 Å². The predicted octanol–water partition coefficient (Wildman–Crippen LogP) is 3.73. The second-order valence-corrected chi connectivity index (χ2v) is 7.93. The van der Waals surface area contributed by atoms with E-state index in [4.69, 9.17) is 14.2 Å². The van der Waals surface area contributed by atoms with Crippen molar-refractivity contribution < 1.29 is 23.8 Å². The maximum Gasteiger partial charge on any atom is 0.410 e. The zero-order valence-corrected chi connectivity index (χ0v) is 15.5. The molecule has 0 bridgehead atoms. The van der Waals surface area contributed by atoms with Crippen LogP contribution in [-0.4, -0.2) is 41.4 Å². The van der Waals surface area contributed by atoms with Gasteiger partial charge in [-0.3, -0.25) is 0 Å². The molecule has 0 N–H and O–H groups in total. The molecule has 1 spiro atoms. The molecule has 7 heteroatoms. The zero-order chi connectivity index (χ0) is 17.5. The summed E-state index contributed by atoms with van der Waals surface area (Å²) in [6.07, 6.45) is 0.463. The van der Waals surface area contributed by atoms with E-state index in [0.717, 1.165) is 4.47 Å². The summed E-state index contributed by atoms with van der Waals surface area (Å²) in [4.78, 5) is 26.0. The Bertz CT molecular complexity index is 674. The maximum atomic E-state index is 12.3. The number of nitrogens with zero attached hydrogens (tertiary/aromatic N) is 1. The zero-order valence-electron chi connectivity index (χ0n) is 13.9. The van der Waals surface area contributed by atoms with E-state index in [-0.39, 0.29) is 6.09 Å². The molecule has 2 aliphatic heterocycles. The summed E-state index contributed by atoms with van der Waals surface area (Å²) in [5.41, 5.74) is -0.128. The fourth-order valence-corrected chi connectivity index (χ4v) is 3.12.